The second-order valence-electron chi connectivity index (χ2n) is 4.10. The highest BCUT2D eigenvalue weighted by Crippen LogP contribution is 2.30. The van der Waals surface area contributed by atoms with E-state index >= 15 is 0 Å². The van der Waals surface area contributed by atoms with Crippen LogP contribution in [-0.2, 0) is 0 Å². The summed E-state index contributed by atoms with van der Waals surface area (Å²) in [5.41, 5.74) is 7.92. The van der Waals surface area contributed by atoms with E-state index in [1.54, 1.807) is 17.4 Å². The van der Waals surface area contributed by atoms with Gasteiger partial charge in [-0.05, 0) is 18.6 Å². The lowest BCUT2D eigenvalue weighted by Crippen LogP contribution is -2.09. The molecular formula is C13H14Cl2N2S. The minimum Gasteiger partial charge on any atom is -0.322 e. The van der Waals surface area contributed by atoms with E-state index in [1.807, 2.05) is 17.5 Å². The van der Waals surface area contributed by atoms with Crippen LogP contribution in [0.4, 0.5) is 0 Å². The van der Waals surface area contributed by atoms with E-state index in [0.717, 1.165) is 29.1 Å². The minimum atomic E-state index is 0.0246. The first kappa shape index (κ1) is 13.8. The molecule has 0 saturated heterocycles. The van der Waals surface area contributed by atoms with Crippen molar-refractivity contribution in [2.45, 2.75) is 25.8 Å². The maximum Gasteiger partial charge on any atom is 0.110 e. The van der Waals surface area contributed by atoms with E-state index in [0.29, 0.717) is 10.0 Å². The van der Waals surface area contributed by atoms with Gasteiger partial charge in [0.05, 0.1) is 21.8 Å². The molecule has 2 aromatic rings. The summed E-state index contributed by atoms with van der Waals surface area (Å²) in [5, 5.41) is 4.07. The molecule has 0 amide bonds. The van der Waals surface area contributed by atoms with Crippen LogP contribution >= 0.6 is 34.5 Å². The molecule has 0 bridgehead atoms. The quantitative estimate of drug-likeness (QED) is 0.870. The molecule has 0 spiro atoms. The van der Waals surface area contributed by atoms with E-state index in [-0.39, 0.29) is 6.04 Å². The Kier molecular flexibility index (Phi) is 4.62. The summed E-state index contributed by atoms with van der Waals surface area (Å²) in [7, 11) is 0. The molecule has 0 fully saturated rings. The molecule has 1 heterocycles. The third-order valence-electron chi connectivity index (χ3n) is 2.65. The van der Waals surface area contributed by atoms with Crippen LogP contribution in [0.5, 0.6) is 0 Å². The number of aromatic nitrogens is 1. The standard InChI is InChI=1S/C13H14Cl2N2S/c1-2-3-11(16)13-17-12(7-18-13)8-4-5-9(14)10(15)6-8/h4-7,11H,2-3,16H2,1H3. The monoisotopic (exact) mass is 300 g/mol. The summed E-state index contributed by atoms with van der Waals surface area (Å²) < 4.78 is 0. The zero-order valence-corrected chi connectivity index (χ0v) is 12.3. The number of nitrogens with two attached hydrogens (primary N) is 1. The number of thiazole rings is 1. The molecule has 0 saturated carbocycles. The Bertz CT molecular complexity index is 540. The minimum absolute atomic E-state index is 0.0246. The lowest BCUT2D eigenvalue weighted by Gasteiger charge is -2.05. The number of hydrogen-bond donors (Lipinski definition) is 1. The summed E-state index contributed by atoms with van der Waals surface area (Å²) in [6, 6.07) is 5.55. The van der Waals surface area contributed by atoms with Crippen LogP contribution in [-0.4, -0.2) is 4.98 Å². The SMILES string of the molecule is CCCC(N)c1nc(-c2ccc(Cl)c(Cl)c2)cs1. The molecule has 5 heteroatoms. The number of hydrogen-bond acceptors (Lipinski definition) is 3. The molecule has 0 aliphatic heterocycles. The largest absolute Gasteiger partial charge is 0.322 e. The third-order valence-corrected chi connectivity index (χ3v) is 4.37. The van der Waals surface area contributed by atoms with Crippen molar-refractivity contribution in [1.82, 2.24) is 4.98 Å². The van der Waals surface area contributed by atoms with Crippen molar-refractivity contribution in [3.8, 4) is 11.3 Å². The van der Waals surface area contributed by atoms with Crippen molar-refractivity contribution in [2.24, 2.45) is 5.73 Å². The number of benzene rings is 1. The Morgan fingerprint density at radius 3 is 2.78 bits per heavy atom. The van der Waals surface area contributed by atoms with E-state index in [4.69, 9.17) is 28.9 Å². The number of nitrogens with zero attached hydrogens (tertiary/aromatic N) is 1. The molecule has 1 atom stereocenters. The molecular weight excluding hydrogens is 287 g/mol. The predicted molar refractivity (Wildman–Crippen MR) is 79.4 cm³/mol. The number of rotatable bonds is 4. The summed E-state index contributed by atoms with van der Waals surface area (Å²) in [6.07, 6.45) is 2.01. The maximum atomic E-state index is 6.05. The Morgan fingerprint density at radius 1 is 1.33 bits per heavy atom. The highest BCUT2D eigenvalue weighted by Gasteiger charge is 2.11. The van der Waals surface area contributed by atoms with E-state index < -0.39 is 0 Å². The van der Waals surface area contributed by atoms with Gasteiger partial charge in [-0.1, -0.05) is 42.6 Å². The first-order chi connectivity index (χ1) is 8.61. The topological polar surface area (TPSA) is 38.9 Å². The Hall–Kier alpha value is -0.610. The second kappa shape index (κ2) is 6.02. The highest BCUT2D eigenvalue weighted by atomic mass is 35.5. The van der Waals surface area contributed by atoms with Crippen molar-refractivity contribution in [3.05, 3.63) is 38.6 Å². The van der Waals surface area contributed by atoms with Crippen molar-refractivity contribution in [1.29, 1.82) is 0 Å². The normalized spacial score (nSPS) is 12.7. The zero-order chi connectivity index (χ0) is 13.1. The Morgan fingerprint density at radius 2 is 2.11 bits per heavy atom. The van der Waals surface area contributed by atoms with Gasteiger partial charge in [0.15, 0.2) is 0 Å². The number of halogens is 2. The molecule has 0 aliphatic carbocycles. The molecule has 18 heavy (non-hydrogen) atoms. The van der Waals surface area contributed by atoms with E-state index in [9.17, 15) is 0 Å². The average Bonchev–Trinajstić information content (AvgIpc) is 2.82. The molecule has 1 unspecified atom stereocenters. The lowest BCUT2D eigenvalue weighted by atomic mass is 10.1. The van der Waals surface area contributed by atoms with Gasteiger partial charge in [-0.3, -0.25) is 0 Å². The van der Waals surface area contributed by atoms with Gasteiger partial charge in [0.2, 0.25) is 0 Å². The molecule has 1 aromatic carbocycles. The van der Waals surface area contributed by atoms with Crippen LogP contribution in [0.1, 0.15) is 30.8 Å². The highest BCUT2D eigenvalue weighted by molar-refractivity contribution is 7.10. The summed E-state index contributed by atoms with van der Waals surface area (Å²) in [4.78, 5) is 4.56. The molecule has 0 radical (unpaired) electrons. The lowest BCUT2D eigenvalue weighted by molar-refractivity contribution is 0.635. The second-order valence-corrected chi connectivity index (χ2v) is 5.80. The van der Waals surface area contributed by atoms with Crippen molar-refractivity contribution < 1.29 is 0 Å². The van der Waals surface area contributed by atoms with Crippen LogP contribution in [0.2, 0.25) is 10.0 Å². The third kappa shape index (κ3) is 3.04. The van der Waals surface area contributed by atoms with Crippen molar-refractivity contribution in [2.75, 3.05) is 0 Å². The molecule has 2 N–H and O–H groups in total. The van der Waals surface area contributed by atoms with Crippen molar-refractivity contribution in [3.63, 3.8) is 0 Å². The Labute approximate surface area is 121 Å². The van der Waals surface area contributed by atoms with Gasteiger partial charge in [-0.25, -0.2) is 4.98 Å². The molecule has 2 nitrogen and oxygen atoms in total. The fourth-order valence-electron chi connectivity index (χ4n) is 1.68. The molecule has 96 valence electrons. The van der Waals surface area contributed by atoms with Gasteiger partial charge < -0.3 is 5.73 Å². The van der Waals surface area contributed by atoms with Crippen LogP contribution < -0.4 is 5.73 Å². The maximum absolute atomic E-state index is 6.05. The smallest absolute Gasteiger partial charge is 0.110 e. The van der Waals surface area contributed by atoms with Crippen LogP contribution in [0.3, 0.4) is 0 Å². The van der Waals surface area contributed by atoms with Gasteiger partial charge in [-0.15, -0.1) is 11.3 Å². The Balaban J connectivity index is 2.26. The molecule has 1 aromatic heterocycles. The van der Waals surface area contributed by atoms with Gasteiger partial charge in [0.25, 0.3) is 0 Å². The van der Waals surface area contributed by atoms with Gasteiger partial charge in [-0.2, -0.15) is 0 Å². The zero-order valence-electron chi connectivity index (χ0n) is 9.99. The van der Waals surface area contributed by atoms with Gasteiger partial charge in [0, 0.05) is 10.9 Å². The molecule has 0 aliphatic rings. The van der Waals surface area contributed by atoms with E-state index in [1.165, 1.54) is 0 Å². The summed E-state index contributed by atoms with van der Waals surface area (Å²) in [6.45, 7) is 2.12. The van der Waals surface area contributed by atoms with Gasteiger partial charge >= 0.3 is 0 Å². The fourth-order valence-corrected chi connectivity index (χ4v) is 2.84. The van der Waals surface area contributed by atoms with E-state index in [2.05, 4.69) is 11.9 Å². The van der Waals surface area contributed by atoms with Gasteiger partial charge in [0.1, 0.15) is 5.01 Å². The van der Waals surface area contributed by atoms with Crippen LogP contribution in [0.15, 0.2) is 23.6 Å². The van der Waals surface area contributed by atoms with Crippen LogP contribution in [0, 0.1) is 0 Å². The molecule has 2 rings (SSSR count). The predicted octanol–water partition coefficient (Wildman–Crippen LogP) is 4.92. The first-order valence-electron chi connectivity index (χ1n) is 5.78. The average molecular weight is 301 g/mol. The summed E-state index contributed by atoms with van der Waals surface area (Å²) in [5.74, 6) is 0. The first-order valence-corrected chi connectivity index (χ1v) is 7.41. The van der Waals surface area contributed by atoms with Crippen molar-refractivity contribution >= 4 is 34.5 Å². The fraction of sp³-hybridized carbons (Fsp3) is 0.308. The summed E-state index contributed by atoms with van der Waals surface area (Å²) >= 11 is 13.5. The van der Waals surface area contributed by atoms with Crippen LogP contribution in [0.25, 0.3) is 11.3 Å².